The molecule has 0 aliphatic carbocycles. The Hall–Kier alpha value is -0.470. The lowest BCUT2D eigenvalue weighted by atomic mass is 10.1. The van der Waals surface area contributed by atoms with Gasteiger partial charge in [-0.15, -0.1) is 12.6 Å². The number of carbonyl (C=O) groups excluding carboxylic acids is 1. The SMILES string of the molecule is Cc1cc(C(=O)Cl)ccc1S. The Morgan fingerprint density at radius 1 is 1.55 bits per heavy atom. The number of hydrogen-bond donors (Lipinski definition) is 1. The molecule has 0 aromatic heterocycles. The first-order chi connectivity index (χ1) is 5.11. The maximum Gasteiger partial charge on any atom is 0.252 e. The predicted molar refractivity (Wildman–Crippen MR) is 48.6 cm³/mol. The van der Waals surface area contributed by atoms with Gasteiger partial charge in [0.2, 0.25) is 0 Å². The Bertz CT molecular complexity index is 296. The summed E-state index contributed by atoms with van der Waals surface area (Å²) in [5, 5.41) is -0.429. The van der Waals surface area contributed by atoms with Crippen LogP contribution in [0.5, 0.6) is 0 Å². The van der Waals surface area contributed by atoms with Crippen molar-refractivity contribution in [3.05, 3.63) is 29.3 Å². The zero-order valence-electron chi connectivity index (χ0n) is 5.97. The summed E-state index contributed by atoms with van der Waals surface area (Å²) in [6, 6.07) is 5.14. The number of carbonyl (C=O) groups is 1. The third-order valence-corrected chi connectivity index (χ3v) is 2.14. The highest BCUT2D eigenvalue weighted by atomic mass is 35.5. The number of hydrogen-bond acceptors (Lipinski definition) is 2. The first-order valence-corrected chi connectivity index (χ1v) is 3.93. The Morgan fingerprint density at radius 3 is 2.64 bits per heavy atom. The molecule has 0 unspecified atom stereocenters. The number of aryl methyl sites for hydroxylation is 1. The first kappa shape index (κ1) is 8.62. The highest BCUT2D eigenvalue weighted by molar-refractivity contribution is 7.80. The molecular weight excluding hydrogens is 180 g/mol. The van der Waals surface area contributed by atoms with Gasteiger partial charge in [-0.3, -0.25) is 4.79 Å². The molecule has 0 aliphatic rings. The lowest BCUT2D eigenvalue weighted by Crippen LogP contribution is -1.89. The Kier molecular flexibility index (Phi) is 2.58. The van der Waals surface area contributed by atoms with Gasteiger partial charge >= 0.3 is 0 Å². The molecule has 1 aromatic rings. The normalized spacial score (nSPS) is 9.73. The molecule has 1 nitrogen and oxygen atoms in total. The van der Waals surface area contributed by atoms with Gasteiger partial charge < -0.3 is 0 Å². The number of rotatable bonds is 1. The molecular formula is C8H7ClOS. The Labute approximate surface area is 75.8 Å². The van der Waals surface area contributed by atoms with Gasteiger partial charge in [-0.05, 0) is 42.3 Å². The van der Waals surface area contributed by atoms with Crippen molar-refractivity contribution < 1.29 is 4.79 Å². The fraction of sp³-hybridized carbons (Fsp3) is 0.125. The lowest BCUT2D eigenvalue weighted by Gasteiger charge is -1.98. The first-order valence-electron chi connectivity index (χ1n) is 3.10. The van der Waals surface area contributed by atoms with E-state index in [1.165, 1.54) is 0 Å². The van der Waals surface area contributed by atoms with Crippen molar-refractivity contribution >= 4 is 29.5 Å². The zero-order chi connectivity index (χ0) is 8.43. The van der Waals surface area contributed by atoms with Crippen LogP contribution < -0.4 is 0 Å². The average molecular weight is 187 g/mol. The number of thiol groups is 1. The van der Waals surface area contributed by atoms with Crippen molar-refractivity contribution in [3.63, 3.8) is 0 Å². The largest absolute Gasteiger partial charge is 0.276 e. The fourth-order valence-corrected chi connectivity index (χ4v) is 1.03. The van der Waals surface area contributed by atoms with Crippen LogP contribution in [0.15, 0.2) is 23.1 Å². The molecule has 0 bridgehead atoms. The van der Waals surface area contributed by atoms with Crippen LogP contribution in [0.3, 0.4) is 0 Å². The number of benzene rings is 1. The standard InChI is InChI=1S/C8H7ClOS/c1-5-4-6(8(9)10)2-3-7(5)11/h2-4,11H,1H3. The van der Waals surface area contributed by atoms with E-state index in [-0.39, 0.29) is 0 Å². The van der Waals surface area contributed by atoms with E-state index in [0.29, 0.717) is 5.56 Å². The van der Waals surface area contributed by atoms with Crippen molar-refractivity contribution in [2.24, 2.45) is 0 Å². The van der Waals surface area contributed by atoms with E-state index in [0.717, 1.165) is 10.5 Å². The third-order valence-electron chi connectivity index (χ3n) is 1.42. The summed E-state index contributed by atoms with van der Waals surface area (Å²) in [4.78, 5) is 11.5. The summed E-state index contributed by atoms with van der Waals surface area (Å²) in [6.45, 7) is 1.88. The summed E-state index contributed by atoms with van der Waals surface area (Å²) in [6.07, 6.45) is 0. The van der Waals surface area contributed by atoms with Crippen LogP contribution in [-0.2, 0) is 0 Å². The molecule has 0 saturated heterocycles. The van der Waals surface area contributed by atoms with Crippen LogP contribution in [-0.4, -0.2) is 5.24 Å². The molecule has 0 saturated carbocycles. The molecule has 0 heterocycles. The van der Waals surface area contributed by atoms with Crippen LogP contribution in [0.4, 0.5) is 0 Å². The van der Waals surface area contributed by atoms with Gasteiger partial charge in [0, 0.05) is 10.5 Å². The fourth-order valence-electron chi connectivity index (χ4n) is 0.778. The van der Waals surface area contributed by atoms with Crippen LogP contribution >= 0.6 is 24.2 Å². The minimum Gasteiger partial charge on any atom is -0.276 e. The molecule has 1 aromatic carbocycles. The smallest absolute Gasteiger partial charge is 0.252 e. The van der Waals surface area contributed by atoms with Gasteiger partial charge in [0.05, 0.1) is 0 Å². The van der Waals surface area contributed by atoms with E-state index in [2.05, 4.69) is 12.6 Å². The van der Waals surface area contributed by atoms with Crippen molar-refractivity contribution in [1.29, 1.82) is 0 Å². The third kappa shape index (κ3) is 1.98. The quantitative estimate of drug-likeness (QED) is 0.527. The molecule has 0 amide bonds. The van der Waals surface area contributed by atoms with Crippen LogP contribution in [0.1, 0.15) is 15.9 Å². The Balaban J connectivity index is 3.15. The molecule has 0 N–H and O–H groups in total. The molecule has 0 aliphatic heterocycles. The van der Waals surface area contributed by atoms with Crippen LogP contribution in [0, 0.1) is 6.92 Å². The summed E-state index contributed by atoms with van der Waals surface area (Å²) >= 11 is 9.42. The number of halogens is 1. The topological polar surface area (TPSA) is 17.1 Å². The average Bonchev–Trinajstić information content (AvgIpc) is 1.94. The second-order valence-electron chi connectivity index (χ2n) is 2.27. The van der Waals surface area contributed by atoms with Gasteiger partial charge in [0.1, 0.15) is 0 Å². The van der Waals surface area contributed by atoms with E-state index in [9.17, 15) is 4.79 Å². The molecule has 0 radical (unpaired) electrons. The highest BCUT2D eigenvalue weighted by Crippen LogP contribution is 2.15. The maximum absolute atomic E-state index is 10.6. The molecule has 0 spiro atoms. The second kappa shape index (κ2) is 3.28. The van der Waals surface area contributed by atoms with Crippen LogP contribution in [0.25, 0.3) is 0 Å². The van der Waals surface area contributed by atoms with Crippen molar-refractivity contribution in [3.8, 4) is 0 Å². The van der Waals surface area contributed by atoms with Crippen molar-refractivity contribution in [2.45, 2.75) is 11.8 Å². The highest BCUT2D eigenvalue weighted by Gasteiger charge is 2.01. The van der Waals surface area contributed by atoms with E-state index in [4.69, 9.17) is 11.6 Å². The minimum absolute atomic E-state index is 0.429. The molecule has 0 fully saturated rings. The van der Waals surface area contributed by atoms with E-state index in [1.807, 2.05) is 6.92 Å². The predicted octanol–water partition coefficient (Wildman–Crippen LogP) is 2.66. The molecule has 3 heteroatoms. The van der Waals surface area contributed by atoms with E-state index in [1.54, 1.807) is 18.2 Å². The van der Waals surface area contributed by atoms with Gasteiger partial charge in [-0.1, -0.05) is 0 Å². The summed E-state index contributed by atoms with van der Waals surface area (Å²) in [5.41, 5.74) is 1.47. The Morgan fingerprint density at radius 2 is 2.18 bits per heavy atom. The minimum atomic E-state index is -0.429. The van der Waals surface area contributed by atoms with Gasteiger partial charge in [-0.2, -0.15) is 0 Å². The monoisotopic (exact) mass is 186 g/mol. The van der Waals surface area contributed by atoms with Crippen LogP contribution in [0.2, 0.25) is 0 Å². The summed E-state index contributed by atoms with van der Waals surface area (Å²) in [7, 11) is 0. The molecule has 0 atom stereocenters. The van der Waals surface area contributed by atoms with Crippen molar-refractivity contribution in [1.82, 2.24) is 0 Å². The zero-order valence-corrected chi connectivity index (χ0v) is 7.62. The van der Waals surface area contributed by atoms with Gasteiger partial charge in [-0.25, -0.2) is 0 Å². The molecule has 11 heavy (non-hydrogen) atoms. The van der Waals surface area contributed by atoms with Gasteiger partial charge in [0.15, 0.2) is 0 Å². The second-order valence-corrected chi connectivity index (χ2v) is 3.10. The summed E-state index contributed by atoms with van der Waals surface area (Å²) in [5.74, 6) is 0. The van der Waals surface area contributed by atoms with E-state index >= 15 is 0 Å². The molecule has 58 valence electrons. The molecule has 1 rings (SSSR count). The lowest BCUT2D eigenvalue weighted by molar-refractivity contribution is 0.108. The van der Waals surface area contributed by atoms with Crippen molar-refractivity contribution in [2.75, 3.05) is 0 Å². The van der Waals surface area contributed by atoms with Gasteiger partial charge in [0.25, 0.3) is 5.24 Å². The van der Waals surface area contributed by atoms with E-state index < -0.39 is 5.24 Å². The summed E-state index contributed by atoms with van der Waals surface area (Å²) < 4.78 is 0. The maximum atomic E-state index is 10.6.